The zero-order chi connectivity index (χ0) is 14.5. The summed E-state index contributed by atoms with van der Waals surface area (Å²) in [5.41, 5.74) is 1.19. The van der Waals surface area contributed by atoms with Gasteiger partial charge in [0.05, 0.1) is 4.88 Å². The van der Waals surface area contributed by atoms with Crippen molar-refractivity contribution in [2.24, 2.45) is 0 Å². The van der Waals surface area contributed by atoms with Crippen LogP contribution in [0.2, 0.25) is 0 Å². The Bertz CT molecular complexity index is 608. The molecule has 104 valence electrons. The molecular weight excluding hydrogens is 272 g/mol. The summed E-state index contributed by atoms with van der Waals surface area (Å²) in [4.78, 5) is 26.3. The van der Waals surface area contributed by atoms with Crippen molar-refractivity contribution >= 4 is 28.8 Å². The van der Waals surface area contributed by atoms with Crippen molar-refractivity contribution in [3.8, 4) is 0 Å². The van der Waals surface area contributed by atoms with Crippen molar-refractivity contribution in [1.29, 1.82) is 0 Å². The van der Waals surface area contributed by atoms with Gasteiger partial charge in [-0.3, -0.25) is 9.59 Å². The first-order valence-electron chi connectivity index (χ1n) is 6.32. The average Bonchev–Trinajstić information content (AvgIpc) is 3.00. The normalized spacial score (nSPS) is 10.1. The lowest BCUT2D eigenvalue weighted by Gasteiger charge is -2.15. The van der Waals surface area contributed by atoms with Crippen LogP contribution in [0, 0.1) is 0 Å². The molecule has 4 nitrogen and oxygen atoms in total. The molecule has 1 heterocycles. The molecule has 20 heavy (non-hydrogen) atoms. The minimum absolute atomic E-state index is 0.0558. The van der Waals surface area contributed by atoms with E-state index in [0.717, 1.165) is 0 Å². The molecule has 0 radical (unpaired) electrons. The molecule has 0 unspecified atom stereocenters. The number of thiophene rings is 1. The smallest absolute Gasteiger partial charge is 0.265 e. The number of hydrogen-bond donors (Lipinski definition) is 1. The summed E-state index contributed by atoms with van der Waals surface area (Å²) < 4.78 is 0. The van der Waals surface area contributed by atoms with Gasteiger partial charge in [-0.1, -0.05) is 12.1 Å². The van der Waals surface area contributed by atoms with E-state index in [4.69, 9.17) is 0 Å². The predicted molar refractivity (Wildman–Crippen MR) is 81.3 cm³/mol. The number of benzene rings is 1. The maximum atomic E-state index is 12.1. The molecule has 0 saturated heterocycles. The van der Waals surface area contributed by atoms with E-state index in [1.54, 1.807) is 42.3 Å². The average molecular weight is 288 g/mol. The predicted octanol–water partition coefficient (Wildman–Crippen LogP) is 3.09. The number of carbonyl (C=O) groups excluding carboxylic acids is 2. The highest BCUT2D eigenvalue weighted by Gasteiger charge is 2.12. The minimum Gasteiger partial charge on any atom is -0.342 e. The molecule has 0 spiro atoms. The van der Waals surface area contributed by atoms with Gasteiger partial charge in [-0.2, -0.15) is 0 Å². The summed E-state index contributed by atoms with van der Waals surface area (Å²) in [6, 6.07) is 10.6. The van der Waals surface area contributed by atoms with Crippen LogP contribution in [0.3, 0.4) is 0 Å². The van der Waals surface area contributed by atoms with Gasteiger partial charge in [0, 0.05) is 24.8 Å². The molecule has 1 N–H and O–H groups in total. The second-order valence-electron chi connectivity index (χ2n) is 4.33. The Labute approximate surface area is 122 Å². The van der Waals surface area contributed by atoms with E-state index in [1.165, 1.54) is 11.3 Å². The second kappa shape index (κ2) is 6.34. The monoisotopic (exact) mass is 288 g/mol. The Morgan fingerprint density at radius 1 is 1.25 bits per heavy atom. The number of hydrogen-bond acceptors (Lipinski definition) is 3. The minimum atomic E-state index is -0.159. The first kappa shape index (κ1) is 14.3. The lowest BCUT2D eigenvalue weighted by Crippen LogP contribution is -2.26. The number of nitrogens with zero attached hydrogens (tertiary/aromatic N) is 1. The quantitative estimate of drug-likeness (QED) is 0.940. The van der Waals surface area contributed by atoms with E-state index in [2.05, 4.69) is 5.32 Å². The molecule has 1 aromatic carbocycles. The Morgan fingerprint density at radius 3 is 2.70 bits per heavy atom. The van der Waals surface area contributed by atoms with Gasteiger partial charge in [0.2, 0.25) is 0 Å². The lowest BCUT2D eigenvalue weighted by molar-refractivity contribution is 0.0802. The van der Waals surface area contributed by atoms with Crippen molar-refractivity contribution in [3.05, 3.63) is 52.2 Å². The number of rotatable bonds is 4. The molecule has 1 aromatic heterocycles. The molecule has 2 aromatic rings. The molecule has 2 rings (SSSR count). The lowest BCUT2D eigenvalue weighted by atomic mass is 10.1. The Morgan fingerprint density at radius 2 is 2.05 bits per heavy atom. The molecule has 5 heteroatoms. The second-order valence-corrected chi connectivity index (χ2v) is 5.28. The molecule has 0 bridgehead atoms. The van der Waals surface area contributed by atoms with Crippen LogP contribution in [0.15, 0.2) is 41.8 Å². The molecule has 0 atom stereocenters. The van der Waals surface area contributed by atoms with E-state index >= 15 is 0 Å². The first-order chi connectivity index (χ1) is 9.61. The van der Waals surface area contributed by atoms with Crippen molar-refractivity contribution in [1.82, 2.24) is 4.90 Å². The van der Waals surface area contributed by atoms with Crippen LogP contribution in [0.4, 0.5) is 5.69 Å². The van der Waals surface area contributed by atoms with Gasteiger partial charge >= 0.3 is 0 Å². The van der Waals surface area contributed by atoms with Gasteiger partial charge < -0.3 is 10.2 Å². The molecule has 0 fully saturated rings. The molecule has 0 saturated carbocycles. The fraction of sp³-hybridized carbons (Fsp3) is 0.200. The maximum Gasteiger partial charge on any atom is 0.265 e. The molecule has 0 aliphatic carbocycles. The summed E-state index contributed by atoms with van der Waals surface area (Å²) in [6.45, 7) is 2.56. The largest absolute Gasteiger partial charge is 0.342 e. The molecular formula is C15H16N2O2S. The van der Waals surface area contributed by atoms with Crippen molar-refractivity contribution < 1.29 is 9.59 Å². The fourth-order valence-corrected chi connectivity index (χ4v) is 2.31. The zero-order valence-electron chi connectivity index (χ0n) is 11.4. The Kier molecular flexibility index (Phi) is 4.53. The highest BCUT2D eigenvalue weighted by molar-refractivity contribution is 7.12. The standard InChI is InChI=1S/C15H16N2O2S/c1-3-17(2)15(19)11-6-4-7-12(10-11)16-14(18)13-8-5-9-20-13/h4-10H,3H2,1-2H3,(H,16,18). The van der Waals surface area contributed by atoms with Crippen molar-refractivity contribution in [3.63, 3.8) is 0 Å². The van der Waals surface area contributed by atoms with Gasteiger partial charge in [-0.15, -0.1) is 11.3 Å². The van der Waals surface area contributed by atoms with E-state index in [0.29, 0.717) is 22.7 Å². The number of anilines is 1. The SMILES string of the molecule is CCN(C)C(=O)c1cccc(NC(=O)c2cccs2)c1. The van der Waals surface area contributed by atoms with Crippen LogP contribution in [0.1, 0.15) is 27.0 Å². The summed E-state index contributed by atoms with van der Waals surface area (Å²) in [5, 5.41) is 4.65. The van der Waals surface area contributed by atoms with E-state index in [9.17, 15) is 9.59 Å². The zero-order valence-corrected chi connectivity index (χ0v) is 12.2. The van der Waals surface area contributed by atoms with Crippen LogP contribution < -0.4 is 5.32 Å². The highest BCUT2D eigenvalue weighted by atomic mass is 32.1. The van der Waals surface area contributed by atoms with Crippen LogP contribution in [-0.2, 0) is 0 Å². The third kappa shape index (κ3) is 3.24. The third-order valence-corrected chi connectivity index (χ3v) is 3.80. The van der Waals surface area contributed by atoms with Crippen LogP contribution in [0.25, 0.3) is 0 Å². The van der Waals surface area contributed by atoms with Crippen molar-refractivity contribution in [2.75, 3.05) is 18.9 Å². The molecule has 0 aliphatic rings. The third-order valence-electron chi connectivity index (χ3n) is 2.93. The summed E-state index contributed by atoms with van der Waals surface area (Å²) in [6.07, 6.45) is 0. The fourth-order valence-electron chi connectivity index (χ4n) is 1.69. The van der Waals surface area contributed by atoms with Gasteiger partial charge in [0.1, 0.15) is 0 Å². The van der Waals surface area contributed by atoms with Crippen LogP contribution >= 0.6 is 11.3 Å². The molecule has 0 aliphatic heterocycles. The van der Waals surface area contributed by atoms with Gasteiger partial charge in [0.15, 0.2) is 0 Å². The molecule has 2 amide bonds. The van der Waals surface area contributed by atoms with Gasteiger partial charge in [0.25, 0.3) is 11.8 Å². The Balaban J connectivity index is 2.14. The van der Waals surface area contributed by atoms with Gasteiger partial charge in [-0.25, -0.2) is 0 Å². The summed E-state index contributed by atoms with van der Waals surface area (Å²) in [7, 11) is 1.75. The maximum absolute atomic E-state index is 12.1. The van der Waals surface area contributed by atoms with Crippen LogP contribution in [0.5, 0.6) is 0 Å². The number of nitrogens with one attached hydrogen (secondary N) is 1. The topological polar surface area (TPSA) is 49.4 Å². The highest BCUT2D eigenvalue weighted by Crippen LogP contribution is 2.15. The Hall–Kier alpha value is -2.14. The van der Waals surface area contributed by atoms with Crippen LogP contribution in [-0.4, -0.2) is 30.3 Å². The van der Waals surface area contributed by atoms with Crippen molar-refractivity contribution in [2.45, 2.75) is 6.92 Å². The summed E-state index contributed by atoms with van der Waals surface area (Å²) >= 11 is 1.38. The number of carbonyl (C=O) groups is 2. The summed E-state index contributed by atoms with van der Waals surface area (Å²) in [5.74, 6) is -0.215. The number of amides is 2. The van der Waals surface area contributed by atoms with E-state index in [-0.39, 0.29) is 11.8 Å². The van der Waals surface area contributed by atoms with E-state index < -0.39 is 0 Å². The van der Waals surface area contributed by atoms with Gasteiger partial charge in [-0.05, 0) is 36.6 Å². The van der Waals surface area contributed by atoms with E-state index in [1.807, 2.05) is 18.4 Å². The first-order valence-corrected chi connectivity index (χ1v) is 7.20.